The van der Waals surface area contributed by atoms with E-state index >= 15 is 0 Å². The Labute approximate surface area is 149 Å². The first kappa shape index (κ1) is 15.8. The minimum Gasteiger partial charge on any atom is -0.506 e. The van der Waals surface area contributed by atoms with Crippen LogP contribution in [0.1, 0.15) is 17.0 Å². The Balaban J connectivity index is 2.09. The molecule has 4 nitrogen and oxygen atoms in total. The normalized spacial score (nSPS) is 11.7. The predicted octanol–water partition coefficient (Wildman–Crippen LogP) is 5.17. The molecule has 2 N–H and O–H groups in total. The molecule has 0 aliphatic rings. The molecule has 3 rings (SSSR count). The Morgan fingerprint density at radius 1 is 1.26 bits per heavy atom. The molecule has 0 aliphatic carbocycles. The summed E-state index contributed by atoms with van der Waals surface area (Å²) in [6.45, 7) is 2.01. The minimum atomic E-state index is 0.125. The molecule has 0 radical (unpaired) electrons. The highest BCUT2D eigenvalue weighted by Crippen LogP contribution is 2.34. The van der Waals surface area contributed by atoms with E-state index in [-0.39, 0.29) is 5.75 Å². The number of phenolic OH excluding ortho intramolecular Hbond substituents is 1. The molecule has 23 heavy (non-hydrogen) atoms. The zero-order valence-electron chi connectivity index (χ0n) is 12.1. The zero-order valence-corrected chi connectivity index (χ0v) is 15.2. The van der Waals surface area contributed by atoms with Crippen molar-refractivity contribution in [2.45, 2.75) is 6.92 Å². The summed E-state index contributed by atoms with van der Waals surface area (Å²) in [6.07, 6.45) is 1.72. The smallest absolute Gasteiger partial charge is 0.149 e. The lowest BCUT2D eigenvalue weighted by molar-refractivity contribution is 0.468. The lowest BCUT2D eigenvalue weighted by atomic mass is 10.1. The Bertz CT molecular complexity index is 960. The standard InChI is InChI=1S/C17H11Br2N3O/c1-9-2-3-14-15(4-9)22-17(21-14)11(8-20)5-10-6-12(18)16(23)13(19)7-10/h2-7,23H,1H3,(H,21,22)/b11-5+. The van der Waals surface area contributed by atoms with E-state index in [2.05, 4.69) is 47.9 Å². The highest BCUT2D eigenvalue weighted by Gasteiger charge is 2.10. The lowest BCUT2D eigenvalue weighted by Gasteiger charge is -2.03. The Morgan fingerprint density at radius 3 is 2.61 bits per heavy atom. The first-order valence-electron chi connectivity index (χ1n) is 6.74. The average molecular weight is 433 g/mol. The zero-order chi connectivity index (χ0) is 16.6. The molecule has 6 heteroatoms. The monoisotopic (exact) mass is 431 g/mol. The van der Waals surface area contributed by atoms with Gasteiger partial charge >= 0.3 is 0 Å². The summed E-state index contributed by atoms with van der Waals surface area (Å²) in [6, 6.07) is 11.6. The van der Waals surface area contributed by atoms with Gasteiger partial charge in [-0.05, 0) is 80.3 Å². The summed E-state index contributed by atoms with van der Waals surface area (Å²) in [7, 11) is 0. The van der Waals surface area contributed by atoms with Gasteiger partial charge in [0.1, 0.15) is 17.6 Å². The van der Waals surface area contributed by atoms with E-state index in [1.807, 2.05) is 25.1 Å². The number of nitriles is 1. The number of fused-ring (bicyclic) bond motifs is 1. The first-order valence-corrected chi connectivity index (χ1v) is 8.33. The van der Waals surface area contributed by atoms with E-state index in [0.717, 1.165) is 22.2 Å². The lowest BCUT2D eigenvalue weighted by Crippen LogP contribution is -1.85. The number of allylic oxidation sites excluding steroid dienone is 1. The summed E-state index contributed by atoms with van der Waals surface area (Å²) in [5.41, 5.74) is 4.04. The molecule has 0 saturated carbocycles. The number of hydrogen-bond acceptors (Lipinski definition) is 3. The van der Waals surface area contributed by atoms with Crippen LogP contribution >= 0.6 is 31.9 Å². The molecule has 0 bridgehead atoms. The van der Waals surface area contributed by atoms with Crippen molar-refractivity contribution in [2.24, 2.45) is 0 Å². The average Bonchev–Trinajstić information content (AvgIpc) is 2.92. The number of aryl methyl sites for hydroxylation is 1. The molecule has 0 spiro atoms. The van der Waals surface area contributed by atoms with Crippen molar-refractivity contribution in [2.75, 3.05) is 0 Å². The Morgan fingerprint density at radius 2 is 1.96 bits per heavy atom. The molecular weight excluding hydrogens is 422 g/mol. The second kappa shape index (κ2) is 6.19. The number of hydrogen-bond donors (Lipinski definition) is 2. The molecule has 1 aromatic heterocycles. The number of nitrogens with zero attached hydrogens (tertiary/aromatic N) is 2. The molecule has 2 aromatic carbocycles. The SMILES string of the molecule is Cc1ccc2nc(/C(C#N)=C/c3cc(Br)c(O)c(Br)c3)[nH]c2c1. The van der Waals surface area contributed by atoms with Crippen LogP contribution in [-0.2, 0) is 0 Å². The number of phenols is 1. The van der Waals surface area contributed by atoms with Gasteiger partial charge in [-0.25, -0.2) is 4.98 Å². The third-order valence-electron chi connectivity index (χ3n) is 3.36. The van der Waals surface area contributed by atoms with Crippen LogP contribution in [0.4, 0.5) is 0 Å². The maximum atomic E-state index is 9.76. The van der Waals surface area contributed by atoms with Gasteiger partial charge in [-0.3, -0.25) is 0 Å². The van der Waals surface area contributed by atoms with Crippen LogP contribution in [0.25, 0.3) is 22.7 Å². The molecule has 0 saturated heterocycles. The van der Waals surface area contributed by atoms with Gasteiger partial charge in [-0.1, -0.05) is 6.07 Å². The van der Waals surface area contributed by atoms with Crippen molar-refractivity contribution in [3.63, 3.8) is 0 Å². The van der Waals surface area contributed by atoms with Crippen LogP contribution < -0.4 is 0 Å². The molecule has 3 aromatic rings. The highest BCUT2D eigenvalue weighted by molar-refractivity contribution is 9.11. The number of rotatable bonds is 2. The van der Waals surface area contributed by atoms with Gasteiger partial charge in [-0.2, -0.15) is 5.26 Å². The Hall–Kier alpha value is -2.10. The summed E-state index contributed by atoms with van der Waals surface area (Å²) >= 11 is 6.57. The van der Waals surface area contributed by atoms with Crippen molar-refractivity contribution in [1.82, 2.24) is 9.97 Å². The highest BCUT2D eigenvalue weighted by atomic mass is 79.9. The summed E-state index contributed by atoms with van der Waals surface area (Å²) in [5, 5.41) is 19.2. The van der Waals surface area contributed by atoms with Crippen LogP contribution in [0, 0.1) is 18.3 Å². The van der Waals surface area contributed by atoms with E-state index in [4.69, 9.17) is 0 Å². The fourth-order valence-electron chi connectivity index (χ4n) is 2.24. The number of aromatic hydroxyl groups is 1. The third-order valence-corrected chi connectivity index (χ3v) is 4.57. The number of benzene rings is 2. The van der Waals surface area contributed by atoms with Gasteiger partial charge < -0.3 is 10.1 Å². The molecule has 1 heterocycles. The number of aromatic nitrogens is 2. The van der Waals surface area contributed by atoms with Crippen LogP contribution in [0.5, 0.6) is 5.75 Å². The molecular formula is C17H11Br2N3O. The maximum absolute atomic E-state index is 9.76. The minimum absolute atomic E-state index is 0.125. The van der Waals surface area contributed by atoms with Gasteiger partial charge in [0.25, 0.3) is 0 Å². The quantitative estimate of drug-likeness (QED) is 0.549. The first-order chi connectivity index (χ1) is 11.0. The predicted molar refractivity (Wildman–Crippen MR) is 97.8 cm³/mol. The van der Waals surface area contributed by atoms with Gasteiger partial charge in [0.05, 0.1) is 25.6 Å². The molecule has 0 fully saturated rings. The van der Waals surface area contributed by atoms with Crippen LogP contribution in [0.2, 0.25) is 0 Å². The second-order valence-electron chi connectivity index (χ2n) is 5.11. The topological polar surface area (TPSA) is 72.7 Å². The van der Waals surface area contributed by atoms with E-state index in [1.165, 1.54) is 0 Å². The van der Waals surface area contributed by atoms with Gasteiger partial charge in [-0.15, -0.1) is 0 Å². The molecule has 114 valence electrons. The van der Waals surface area contributed by atoms with Crippen molar-refractivity contribution in [1.29, 1.82) is 5.26 Å². The van der Waals surface area contributed by atoms with Crippen molar-refractivity contribution in [3.8, 4) is 11.8 Å². The second-order valence-corrected chi connectivity index (χ2v) is 6.82. The van der Waals surface area contributed by atoms with Crippen molar-refractivity contribution < 1.29 is 5.11 Å². The number of halogens is 2. The fraction of sp³-hybridized carbons (Fsp3) is 0.0588. The molecule has 0 unspecified atom stereocenters. The van der Waals surface area contributed by atoms with Crippen molar-refractivity contribution in [3.05, 3.63) is 56.2 Å². The van der Waals surface area contributed by atoms with E-state index < -0.39 is 0 Å². The van der Waals surface area contributed by atoms with Gasteiger partial charge in [0.2, 0.25) is 0 Å². The maximum Gasteiger partial charge on any atom is 0.149 e. The number of imidazole rings is 1. The van der Waals surface area contributed by atoms with Crippen LogP contribution in [0.3, 0.4) is 0 Å². The summed E-state index contributed by atoms with van der Waals surface area (Å²) in [4.78, 5) is 7.64. The fourth-order valence-corrected chi connectivity index (χ4v) is 3.46. The molecule has 0 atom stereocenters. The van der Waals surface area contributed by atoms with Crippen LogP contribution in [0.15, 0.2) is 39.3 Å². The summed E-state index contributed by atoms with van der Waals surface area (Å²) in [5.74, 6) is 0.647. The summed E-state index contributed by atoms with van der Waals surface area (Å²) < 4.78 is 1.10. The number of nitrogens with one attached hydrogen (secondary N) is 1. The third kappa shape index (κ3) is 3.16. The Kier molecular flexibility index (Phi) is 4.24. The number of H-pyrrole nitrogens is 1. The van der Waals surface area contributed by atoms with Gasteiger partial charge in [0.15, 0.2) is 0 Å². The molecule has 0 amide bonds. The van der Waals surface area contributed by atoms with Crippen LogP contribution in [-0.4, -0.2) is 15.1 Å². The van der Waals surface area contributed by atoms with E-state index in [1.54, 1.807) is 18.2 Å². The van der Waals surface area contributed by atoms with Gasteiger partial charge in [0, 0.05) is 0 Å². The largest absolute Gasteiger partial charge is 0.506 e. The van der Waals surface area contributed by atoms with Crippen molar-refractivity contribution >= 4 is 54.5 Å². The van der Waals surface area contributed by atoms with E-state index in [9.17, 15) is 10.4 Å². The number of aromatic amines is 1. The molecule has 0 aliphatic heterocycles. The van der Waals surface area contributed by atoms with E-state index in [0.29, 0.717) is 20.3 Å².